The molecule has 2 aromatic heterocycles. The van der Waals surface area contributed by atoms with E-state index in [1.165, 1.54) is 4.88 Å². The number of nitrogens with zero attached hydrogens (tertiary/aromatic N) is 1. The molecule has 0 atom stereocenters. The minimum atomic E-state index is -0.378. The Bertz CT molecular complexity index is 1030. The first kappa shape index (κ1) is 18.4. The fraction of sp³-hybridized carbons (Fsp3) is 0.200. The van der Waals surface area contributed by atoms with Gasteiger partial charge < -0.3 is 9.72 Å². The topological polar surface area (TPSA) is 65.9 Å². The third-order valence-electron chi connectivity index (χ3n) is 3.97. The number of ether oxygens (including phenoxy) is 1. The summed E-state index contributed by atoms with van der Waals surface area (Å²) in [6.07, 6.45) is 0.891. The van der Waals surface area contributed by atoms with Crippen LogP contribution in [0.3, 0.4) is 0 Å². The average molecular weight is 429 g/mol. The second-order valence-corrected chi connectivity index (χ2v) is 7.60. The van der Waals surface area contributed by atoms with E-state index in [1.807, 2.05) is 49.4 Å². The van der Waals surface area contributed by atoms with Crippen LogP contribution in [0.5, 0.6) is 5.75 Å². The van der Waals surface area contributed by atoms with Crippen molar-refractivity contribution >= 4 is 27.3 Å². The van der Waals surface area contributed by atoms with Crippen molar-refractivity contribution < 1.29 is 4.74 Å². The summed E-state index contributed by atoms with van der Waals surface area (Å²) in [5.41, 5.74) is 1.95. The summed E-state index contributed by atoms with van der Waals surface area (Å²) >= 11 is 5.15. The smallest absolute Gasteiger partial charge is 0.267 e. The molecule has 0 radical (unpaired) electrons. The van der Waals surface area contributed by atoms with E-state index in [2.05, 4.69) is 27.8 Å². The molecule has 4 nitrogen and oxygen atoms in total. The quantitative estimate of drug-likeness (QED) is 0.593. The molecule has 0 amide bonds. The lowest BCUT2D eigenvalue weighted by atomic mass is 10.0. The highest BCUT2D eigenvalue weighted by atomic mass is 79.9. The van der Waals surface area contributed by atoms with Gasteiger partial charge in [0.2, 0.25) is 0 Å². The molecule has 0 bridgehead atoms. The molecule has 3 rings (SSSR count). The van der Waals surface area contributed by atoms with Crippen LogP contribution in [0.25, 0.3) is 21.7 Å². The number of nitriles is 1. The molecule has 0 aliphatic heterocycles. The highest BCUT2D eigenvalue weighted by Crippen LogP contribution is 2.37. The second kappa shape index (κ2) is 7.90. The minimum absolute atomic E-state index is 0.135. The lowest BCUT2D eigenvalue weighted by Gasteiger charge is -2.08. The van der Waals surface area contributed by atoms with Crippen LogP contribution >= 0.6 is 27.3 Å². The Labute approximate surface area is 164 Å². The number of aryl methyl sites for hydroxylation is 1. The van der Waals surface area contributed by atoms with E-state index in [9.17, 15) is 10.1 Å². The van der Waals surface area contributed by atoms with Gasteiger partial charge in [0.15, 0.2) is 0 Å². The van der Waals surface area contributed by atoms with Gasteiger partial charge in [0.05, 0.1) is 6.61 Å². The maximum Gasteiger partial charge on any atom is 0.267 e. The number of rotatable bonds is 5. The van der Waals surface area contributed by atoms with Gasteiger partial charge in [-0.1, -0.05) is 6.92 Å². The first-order valence-corrected chi connectivity index (χ1v) is 9.87. The lowest BCUT2D eigenvalue weighted by molar-refractivity contribution is 0.340. The SMILES string of the molecule is CCOc1ccc(-c2cc(-c3cc(Br)c(CC)s3)c(C#N)c(=O)[nH]2)cc1. The summed E-state index contributed by atoms with van der Waals surface area (Å²) in [6.45, 7) is 4.61. The summed E-state index contributed by atoms with van der Waals surface area (Å²) in [4.78, 5) is 17.4. The summed E-state index contributed by atoms with van der Waals surface area (Å²) in [7, 11) is 0. The van der Waals surface area contributed by atoms with Crippen molar-refractivity contribution in [2.75, 3.05) is 6.61 Å². The van der Waals surface area contributed by atoms with Gasteiger partial charge in [0.1, 0.15) is 17.4 Å². The summed E-state index contributed by atoms with van der Waals surface area (Å²) in [5.74, 6) is 0.780. The number of benzene rings is 1. The Kier molecular flexibility index (Phi) is 5.60. The maximum absolute atomic E-state index is 12.5. The lowest BCUT2D eigenvalue weighted by Crippen LogP contribution is -2.12. The molecule has 0 saturated carbocycles. The van der Waals surface area contributed by atoms with Crippen LogP contribution in [-0.2, 0) is 6.42 Å². The molecule has 0 aliphatic rings. The Hall–Kier alpha value is -2.36. The fourth-order valence-electron chi connectivity index (χ4n) is 2.70. The van der Waals surface area contributed by atoms with Gasteiger partial charge in [-0.3, -0.25) is 4.79 Å². The average Bonchev–Trinajstić information content (AvgIpc) is 3.02. The van der Waals surface area contributed by atoms with Crippen LogP contribution in [0.1, 0.15) is 24.3 Å². The van der Waals surface area contributed by atoms with Gasteiger partial charge in [-0.2, -0.15) is 5.26 Å². The molecular formula is C20H17BrN2O2S. The van der Waals surface area contributed by atoms with Gasteiger partial charge in [-0.05, 0) is 71.2 Å². The fourth-order valence-corrected chi connectivity index (χ4v) is 4.62. The van der Waals surface area contributed by atoms with Gasteiger partial charge in [0, 0.05) is 25.5 Å². The number of halogens is 1. The molecule has 0 saturated heterocycles. The monoisotopic (exact) mass is 428 g/mol. The molecule has 26 heavy (non-hydrogen) atoms. The molecule has 0 spiro atoms. The normalized spacial score (nSPS) is 10.5. The van der Waals surface area contributed by atoms with Crippen molar-refractivity contribution in [3.63, 3.8) is 0 Å². The molecule has 2 heterocycles. The molecule has 132 valence electrons. The molecule has 1 N–H and O–H groups in total. The predicted molar refractivity (Wildman–Crippen MR) is 109 cm³/mol. The number of hydrogen-bond donors (Lipinski definition) is 1. The van der Waals surface area contributed by atoms with Crippen LogP contribution in [0, 0.1) is 11.3 Å². The summed E-state index contributed by atoms with van der Waals surface area (Å²) in [5, 5.41) is 9.46. The number of thiophene rings is 1. The van der Waals surface area contributed by atoms with Crippen LogP contribution in [-0.4, -0.2) is 11.6 Å². The first-order chi connectivity index (χ1) is 12.6. The van der Waals surface area contributed by atoms with Crippen molar-refractivity contribution in [2.45, 2.75) is 20.3 Å². The van der Waals surface area contributed by atoms with Crippen molar-refractivity contribution in [2.24, 2.45) is 0 Å². The Morgan fingerprint density at radius 1 is 1.23 bits per heavy atom. The van der Waals surface area contributed by atoms with Crippen LogP contribution in [0.15, 0.2) is 45.7 Å². The molecule has 0 fully saturated rings. The number of pyridine rings is 1. The van der Waals surface area contributed by atoms with Gasteiger partial charge in [-0.25, -0.2) is 0 Å². The predicted octanol–water partition coefficient (Wildman–Crippen LogP) is 5.37. The van der Waals surface area contributed by atoms with E-state index < -0.39 is 0 Å². The van der Waals surface area contributed by atoms with E-state index in [1.54, 1.807) is 11.3 Å². The molecule has 3 aromatic rings. The molecule has 0 aliphatic carbocycles. The van der Waals surface area contributed by atoms with Crippen molar-refractivity contribution in [3.8, 4) is 33.5 Å². The third kappa shape index (κ3) is 3.59. The molecule has 0 unspecified atom stereocenters. The largest absolute Gasteiger partial charge is 0.494 e. The van der Waals surface area contributed by atoms with Crippen molar-refractivity contribution in [3.05, 3.63) is 61.7 Å². The van der Waals surface area contributed by atoms with Gasteiger partial charge in [-0.15, -0.1) is 11.3 Å². The van der Waals surface area contributed by atoms with E-state index >= 15 is 0 Å². The molecule has 6 heteroatoms. The van der Waals surface area contributed by atoms with Gasteiger partial charge in [0.25, 0.3) is 5.56 Å². The Morgan fingerprint density at radius 2 is 1.96 bits per heavy atom. The van der Waals surface area contributed by atoms with E-state index in [-0.39, 0.29) is 11.1 Å². The number of aromatic amines is 1. The zero-order valence-corrected chi connectivity index (χ0v) is 16.8. The zero-order valence-electron chi connectivity index (χ0n) is 14.4. The number of nitrogens with one attached hydrogen (secondary N) is 1. The number of hydrogen-bond acceptors (Lipinski definition) is 4. The van der Waals surface area contributed by atoms with Crippen LogP contribution in [0.2, 0.25) is 0 Å². The zero-order chi connectivity index (χ0) is 18.7. The number of H-pyrrole nitrogens is 1. The van der Waals surface area contributed by atoms with Crippen LogP contribution in [0.4, 0.5) is 0 Å². The van der Waals surface area contributed by atoms with E-state index in [4.69, 9.17) is 4.74 Å². The Balaban J connectivity index is 2.13. The minimum Gasteiger partial charge on any atom is -0.494 e. The van der Waals surface area contributed by atoms with Gasteiger partial charge >= 0.3 is 0 Å². The van der Waals surface area contributed by atoms with E-state index in [0.29, 0.717) is 17.9 Å². The molecular weight excluding hydrogens is 412 g/mol. The second-order valence-electron chi connectivity index (χ2n) is 5.61. The standard InChI is InChI=1S/C20H17BrN2O2S/c1-3-18-16(21)10-19(26-18)14-9-17(23-20(24)15(14)11-22)12-5-7-13(8-6-12)25-4-2/h5-10H,3-4H2,1-2H3,(H,23,24). The van der Waals surface area contributed by atoms with Crippen LogP contribution < -0.4 is 10.3 Å². The van der Waals surface area contributed by atoms with E-state index in [0.717, 1.165) is 27.1 Å². The highest BCUT2D eigenvalue weighted by molar-refractivity contribution is 9.10. The van der Waals surface area contributed by atoms with Crippen molar-refractivity contribution in [1.29, 1.82) is 5.26 Å². The first-order valence-electron chi connectivity index (χ1n) is 8.26. The summed E-state index contributed by atoms with van der Waals surface area (Å²) in [6, 6.07) is 13.4. The highest BCUT2D eigenvalue weighted by Gasteiger charge is 2.16. The molecule has 1 aromatic carbocycles. The number of aromatic nitrogens is 1. The third-order valence-corrected chi connectivity index (χ3v) is 6.25. The van der Waals surface area contributed by atoms with Crippen molar-refractivity contribution in [1.82, 2.24) is 4.98 Å². The summed E-state index contributed by atoms with van der Waals surface area (Å²) < 4.78 is 6.47. The maximum atomic E-state index is 12.5. The Morgan fingerprint density at radius 3 is 2.54 bits per heavy atom.